The van der Waals surface area contributed by atoms with Gasteiger partial charge in [-0.25, -0.2) is 0 Å². The highest BCUT2D eigenvalue weighted by molar-refractivity contribution is 5.66. The first kappa shape index (κ1) is 15.6. The number of aliphatic hydroxyl groups excluding tert-OH is 2. The maximum atomic E-state index is 11.4. The van der Waals surface area contributed by atoms with Gasteiger partial charge in [-0.2, -0.15) is 0 Å². The van der Waals surface area contributed by atoms with Crippen LogP contribution >= 0.6 is 0 Å². The van der Waals surface area contributed by atoms with E-state index in [-0.39, 0.29) is 18.7 Å². The van der Waals surface area contributed by atoms with Crippen LogP contribution in [0.1, 0.15) is 33.6 Å². The Morgan fingerprint density at radius 3 is 2.78 bits per heavy atom. The van der Waals surface area contributed by atoms with Gasteiger partial charge in [0.15, 0.2) is 0 Å². The van der Waals surface area contributed by atoms with Gasteiger partial charge in [0.05, 0.1) is 18.8 Å². The monoisotopic (exact) mass is 324 g/mol. The predicted octanol–water partition coefficient (Wildman–Crippen LogP) is 0.554. The molecule has 6 heteroatoms. The Balaban J connectivity index is 1.85. The fourth-order valence-corrected chi connectivity index (χ4v) is 5.26. The van der Waals surface area contributed by atoms with Crippen LogP contribution in [0.4, 0.5) is 0 Å². The van der Waals surface area contributed by atoms with Crippen LogP contribution in [-0.4, -0.2) is 59.4 Å². The van der Waals surface area contributed by atoms with Crippen LogP contribution in [0, 0.1) is 10.8 Å². The minimum Gasteiger partial charge on any atom is -0.465 e. The Bertz CT molecular complexity index is 582. The number of ether oxygens (including phenoxy) is 3. The Hall–Kier alpha value is -0.950. The molecular formula is C17H24O6. The summed E-state index contributed by atoms with van der Waals surface area (Å²) in [4.78, 5) is 11.4. The van der Waals surface area contributed by atoms with Crippen molar-refractivity contribution in [3.63, 3.8) is 0 Å². The lowest BCUT2D eigenvalue weighted by Gasteiger charge is -2.57. The number of carbonyl (C=O) groups is 1. The van der Waals surface area contributed by atoms with Gasteiger partial charge in [-0.3, -0.25) is 4.79 Å². The minimum atomic E-state index is -0.990. The first-order chi connectivity index (χ1) is 10.8. The first-order valence-electron chi connectivity index (χ1n) is 8.25. The molecule has 6 nitrogen and oxygen atoms in total. The van der Waals surface area contributed by atoms with E-state index in [2.05, 4.69) is 6.08 Å². The van der Waals surface area contributed by atoms with Crippen LogP contribution < -0.4 is 0 Å². The molecule has 1 saturated carbocycles. The number of epoxide rings is 1. The third-order valence-corrected chi connectivity index (χ3v) is 6.83. The highest BCUT2D eigenvalue weighted by Gasteiger charge is 2.84. The van der Waals surface area contributed by atoms with E-state index in [1.54, 1.807) is 0 Å². The molecule has 2 bridgehead atoms. The zero-order chi connectivity index (χ0) is 16.6. The molecule has 4 aliphatic rings. The zero-order valence-corrected chi connectivity index (χ0v) is 13.7. The number of aliphatic hydroxyl groups is 2. The van der Waals surface area contributed by atoms with Gasteiger partial charge >= 0.3 is 5.97 Å². The maximum absolute atomic E-state index is 11.4. The van der Waals surface area contributed by atoms with Crippen LogP contribution in [0.2, 0.25) is 0 Å². The Kier molecular flexibility index (Phi) is 3.09. The lowest BCUT2D eigenvalue weighted by Crippen LogP contribution is -2.66. The summed E-state index contributed by atoms with van der Waals surface area (Å²) in [6.45, 7) is 6.01. The van der Waals surface area contributed by atoms with Gasteiger partial charge in [0.1, 0.15) is 24.4 Å². The third kappa shape index (κ3) is 1.65. The van der Waals surface area contributed by atoms with E-state index in [9.17, 15) is 15.0 Å². The highest BCUT2D eigenvalue weighted by Crippen LogP contribution is 2.71. The van der Waals surface area contributed by atoms with Gasteiger partial charge in [-0.05, 0) is 19.8 Å². The average Bonchev–Trinajstić information content (AvgIpc) is 3.28. The summed E-state index contributed by atoms with van der Waals surface area (Å²) in [6, 6.07) is 0. The zero-order valence-electron chi connectivity index (χ0n) is 13.7. The topological polar surface area (TPSA) is 88.5 Å². The van der Waals surface area contributed by atoms with Gasteiger partial charge in [0.25, 0.3) is 0 Å². The number of rotatable bonds is 2. The molecule has 0 aromatic rings. The molecular weight excluding hydrogens is 300 g/mol. The summed E-state index contributed by atoms with van der Waals surface area (Å²) in [5.74, 6) is -0.353. The highest BCUT2D eigenvalue weighted by atomic mass is 16.6. The number of hydrogen-bond acceptors (Lipinski definition) is 6. The van der Waals surface area contributed by atoms with Crippen molar-refractivity contribution in [3.8, 4) is 0 Å². The molecule has 4 rings (SSSR count). The number of fused-ring (bicyclic) bond motifs is 2. The molecule has 2 aliphatic heterocycles. The Morgan fingerprint density at radius 1 is 1.48 bits per heavy atom. The molecule has 128 valence electrons. The van der Waals surface area contributed by atoms with E-state index in [1.807, 2.05) is 13.8 Å². The van der Waals surface area contributed by atoms with Crippen LogP contribution in [0.3, 0.4) is 0 Å². The predicted molar refractivity (Wildman–Crippen MR) is 79.5 cm³/mol. The molecule has 1 spiro atoms. The van der Waals surface area contributed by atoms with Gasteiger partial charge in [-0.1, -0.05) is 18.6 Å². The number of hydrogen-bond donors (Lipinski definition) is 2. The van der Waals surface area contributed by atoms with Crippen LogP contribution in [-0.2, 0) is 19.0 Å². The molecule has 2 aliphatic carbocycles. The summed E-state index contributed by atoms with van der Waals surface area (Å²) >= 11 is 0. The van der Waals surface area contributed by atoms with Gasteiger partial charge in [-0.15, -0.1) is 0 Å². The molecule has 0 amide bonds. The second kappa shape index (κ2) is 4.57. The van der Waals surface area contributed by atoms with Crippen molar-refractivity contribution in [3.05, 3.63) is 11.6 Å². The Morgan fingerprint density at radius 2 is 2.17 bits per heavy atom. The standard InChI is InChI=1S/C17H24O6/c1-9-4-5-16(7-21-10(2)18)11(6-9)23-14-12(19)13(20)15(16,3)17(14)8-22-17/h6,11-14,19-20H,4-5,7-8H2,1-3H3/t11-,12-,13?,14-,15-,16-,17+/m1/s1. The molecule has 1 unspecified atom stereocenters. The molecule has 2 heterocycles. The lowest BCUT2D eigenvalue weighted by atomic mass is 9.51. The number of esters is 1. The van der Waals surface area contributed by atoms with Crippen LogP contribution in [0.15, 0.2) is 11.6 Å². The second-order valence-corrected chi connectivity index (χ2v) is 7.74. The van der Waals surface area contributed by atoms with Crippen molar-refractivity contribution in [1.82, 2.24) is 0 Å². The van der Waals surface area contributed by atoms with E-state index in [4.69, 9.17) is 14.2 Å². The number of allylic oxidation sites excluding steroid dienone is 1. The summed E-state index contributed by atoms with van der Waals surface area (Å²) < 4.78 is 17.4. The fraction of sp³-hybridized carbons (Fsp3) is 0.824. The molecule has 0 aromatic heterocycles. The molecule has 2 saturated heterocycles. The van der Waals surface area contributed by atoms with Crippen LogP contribution in [0.5, 0.6) is 0 Å². The summed E-state index contributed by atoms with van der Waals surface area (Å²) in [7, 11) is 0. The van der Waals surface area contributed by atoms with Gasteiger partial charge in [0.2, 0.25) is 0 Å². The molecule has 2 N–H and O–H groups in total. The van der Waals surface area contributed by atoms with Crippen molar-refractivity contribution in [2.24, 2.45) is 10.8 Å². The van der Waals surface area contributed by atoms with Crippen LogP contribution in [0.25, 0.3) is 0 Å². The number of carbonyl (C=O) groups excluding carboxylic acids is 1. The quantitative estimate of drug-likeness (QED) is 0.438. The van der Waals surface area contributed by atoms with E-state index in [0.29, 0.717) is 6.61 Å². The van der Waals surface area contributed by atoms with Gasteiger partial charge < -0.3 is 24.4 Å². The summed E-state index contributed by atoms with van der Waals surface area (Å²) in [5.41, 5.74) is -0.781. The SMILES string of the molecule is CC(=O)OC[C@]12CCC(C)=C[C@H]1O[C@@H]1[C@H](O)C(O)[C@@]2(C)[C@]12CO2. The largest absolute Gasteiger partial charge is 0.465 e. The molecule has 0 aromatic carbocycles. The smallest absolute Gasteiger partial charge is 0.302 e. The van der Waals surface area contributed by atoms with Crippen molar-refractivity contribution in [2.75, 3.05) is 13.2 Å². The molecule has 3 fully saturated rings. The normalized spacial score (nSPS) is 53.7. The van der Waals surface area contributed by atoms with E-state index in [1.165, 1.54) is 12.5 Å². The summed E-state index contributed by atoms with van der Waals surface area (Å²) in [5, 5.41) is 21.4. The minimum absolute atomic E-state index is 0.162. The van der Waals surface area contributed by atoms with E-state index in [0.717, 1.165) is 12.8 Å². The second-order valence-electron chi connectivity index (χ2n) is 7.74. The van der Waals surface area contributed by atoms with E-state index >= 15 is 0 Å². The fourth-order valence-electron chi connectivity index (χ4n) is 5.26. The van der Waals surface area contributed by atoms with E-state index < -0.39 is 34.7 Å². The van der Waals surface area contributed by atoms with Crippen molar-refractivity contribution >= 4 is 5.97 Å². The molecule has 23 heavy (non-hydrogen) atoms. The van der Waals surface area contributed by atoms with Crippen molar-refractivity contribution in [1.29, 1.82) is 0 Å². The molecule has 0 radical (unpaired) electrons. The first-order valence-corrected chi connectivity index (χ1v) is 8.25. The average molecular weight is 324 g/mol. The third-order valence-electron chi connectivity index (χ3n) is 6.83. The van der Waals surface area contributed by atoms with Crippen molar-refractivity contribution in [2.45, 2.75) is 63.6 Å². The lowest BCUT2D eigenvalue weighted by molar-refractivity contribution is -0.230. The maximum Gasteiger partial charge on any atom is 0.302 e. The van der Waals surface area contributed by atoms with Gasteiger partial charge in [0, 0.05) is 17.8 Å². The summed E-state index contributed by atoms with van der Waals surface area (Å²) in [6.07, 6.45) is 0.829. The Labute approximate surface area is 135 Å². The molecule has 7 atom stereocenters. The van der Waals surface area contributed by atoms with Crippen molar-refractivity contribution < 1.29 is 29.2 Å².